The molecule has 21 heavy (non-hydrogen) atoms. The van der Waals surface area contributed by atoms with Gasteiger partial charge in [-0.3, -0.25) is 4.79 Å². The van der Waals surface area contributed by atoms with E-state index in [9.17, 15) is 9.90 Å². The van der Waals surface area contributed by atoms with Crippen LogP contribution in [0.5, 0.6) is 0 Å². The highest BCUT2D eigenvalue weighted by atomic mass is 16.3. The molecule has 0 bridgehead atoms. The van der Waals surface area contributed by atoms with E-state index in [4.69, 9.17) is 5.73 Å². The normalized spacial score (nSPS) is 18.4. The van der Waals surface area contributed by atoms with Gasteiger partial charge in [-0.05, 0) is 37.1 Å². The lowest BCUT2D eigenvalue weighted by Gasteiger charge is -2.32. The number of hydrogen-bond acceptors (Lipinski definition) is 4. The average Bonchev–Trinajstić information content (AvgIpc) is 2.55. The number of likely N-dealkylation sites (tertiary alicyclic amines) is 1. The molecule has 1 unspecified atom stereocenters. The molecule has 0 radical (unpaired) electrons. The van der Waals surface area contributed by atoms with Gasteiger partial charge < -0.3 is 21.1 Å². The predicted molar refractivity (Wildman–Crippen MR) is 82.5 cm³/mol. The lowest BCUT2D eigenvalue weighted by atomic mass is 9.95. The van der Waals surface area contributed by atoms with Crippen LogP contribution in [-0.4, -0.2) is 42.6 Å². The van der Waals surface area contributed by atoms with E-state index in [1.807, 2.05) is 24.3 Å². The van der Waals surface area contributed by atoms with Crippen LogP contribution in [-0.2, 0) is 11.3 Å². The number of hydrogen-bond donors (Lipinski definition) is 3. The number of amides is 1. The van der Waals surface area contributed by atoms with Gasteiger partial charge in [0, 0.05) is 26.1 Å². The Kier molecular flexibility index (Phi) is 5.73. The summed E-state index contributed by atoms with van der Waals surface area (Å²) >= 11 is 0. The van der Waals surface area contributed by atoms with Crippen molar-refractivity contribution in [2.75, 3.05) is 26.7 Å². The Hall–Kier alpha value is -1.43. The molecule has 116 valence electrons. The van der Waals surface area contributed by atoms with Gasteiger partial charge in [-0.2, -0.15) is 0 Å². The monoisotopic (exact) mass is 291 g/mol. The molecule has 5 heteroatoms. The summed E-state index contributed by atoms with van der Waals surface area (Å²) in [6.45, 7) is 2.85. The summed E-state index contributed by atoms with van der Waals surface area (Å²) in [5.74, 6) is 0.250. The number of carbonyl (C=O) groups excluding carboxylic acids is 1. The predicted octanol–water partition coefficient (Wildman–Crippen LogP) is 0.637. The van der Waals surface area contributed by atoms with Gasteiger partial charge in [0.05, 0.1) is 6.10 Å². The van der Waals surface area contributed by atoms with Gasteiger partial charge in [0.25, 0.3) is 0 Å². The first-order valence-electron chi connectivity index (χ1n) is 7.55. The average molecular weight is 291 g/mol. The van der Waals surface area contributed by atoms with Crippen molar-refractivity contribution in [2.45, 2.75) is 25.5 Å². The Balaban J connectivity index is 1.83. The number of nitrogens with two attached hydrogens (primary N) is 1. The van der Waals surface area contributed by atoms with Crippen LogP contribution in [0, 0.1) is 5.92 Å². The van der Waals surface area contributed by atoms with E-state index >= 15 is 0 Å². The minimum absolute atomic E-state index is 0.118. The van der Waals surface area contributed by atoms with Crippen LogP contribution in [0.3, 0.4) is 0 Å². The highest BCUT2D eigenvalue weighted by Gasteiger charge is 2.25. The maximum atomic E-state index is 11.6. The molecule has 1 aliphatic heterocycles. The lowest BCUT2D eigenvalue weighted by molar-refractivity contribution is -0.126. The maximum Gasteiger partial charge on any atom is 0.222 e. The van der Waals surface area contributed by atoms with Gasteiger partial charge in [0.1, 0.15) is 0 Å². The standard InChI is InChI=1S/C16H25N3O2/c1-18-16(21)14-6-8-19(9-7-14)11-15(20)13-4-2-12(10-17)3-5-13/h2-5,14-15,20H,6-11,17H2,1H3,(H,18,21). The second-order valence-electron chi connectivity index (χ2n) is 5.65. The molecule has 0 spiro atoms. The number of rotatable bonds is 5. The van der Waals surface area contributed by atoms with Crippen LogP contribution < -0.4 is 11.1 Å². The van der Waals surface area contributed by atoms with Crippen LogP contribution >= 0.6 is 0 Å². The summed E-state index contributed by atoms with van der Waals surface area (Å²) in [5, 5.41) is 13.0. The number of β-amino-alcohol motifs (C(OH)–C–C–N with tert-alkyl or cyclic N) is 1. The van der Waals surface area contributed by atoms with E-state index in [-0.39, 0.29) is 11.8 Å². The third-order valence-electron chi connectivity index (χ3n) is 4.24. The number of nitrogens with one attached hydrogen (secondary N) is 1. The van der Waals surface area contributed by atoms with Gasteiger partial charge in [-0.1, -0.05) is 24.3 Å². The van der Waals surface area contributed by atoms with Crippen molar-refractivity contribution in [3.8, 4) is 0 Å². The van der Waals surface area contributed by atoms with Crippen LogP contribution in [0.4, 0.5) is 0 Å². The van der Waals surface area contributed by atoms with Crippen molar-refractivity contribution in [1.82, 2.24) is 10.2 Å². The van der Waals surface area contributed by atoms with Gasteiger partial charge in [0.15, 0.2) is 0 Å². The van der Waals surface area contributed by atoms with E-state index in [0.29, 0.717) is 13.1 Å². The Bertz CT molecular complexity index is 453. The summed E-state index contributed by atoms with van der Waals surface area (Å²) in [4.78, 5) is 13.8. The molecule has 5 nitrogen and oxygen atoms in total. The molecule has 1 fully saturated rings. The number of nitrogens with zero attached hydrogens (tertiary/aromatic N) is 1. The first kappa shape index (κ1) is 15.9. The third kappa shape index (κ3) is 4.27. The van der Waals surface area contributed by atoms with E-state index in [1.165, 1.54) is 0 Å². The number of aliphatic hydroxyl groups is 1. The fraction of sp³-hybridized carbons (Fsp3) is 0.562. The van der Waals surface area contributed by atoms with Gasteiger partial charge in [0.2, 0.25) is 5.91 Å². The molecule has 1 amide bonds. The zero-order valence-corrected chi connectivity index (χ0v) is 12.6. The third-order valence-corrected chi connectivity index (χ3v) is 4.24. The molecular formula is C16H25N3O2. The lowest BCUT2D eigenvalue weighted by Crippen LogP contribution is -2.41. The number of piperidine rings is 1. The molecule has 0 saturated carbocycles. The van der Waals surface area contributed by atoms with E-state index < -0.39 is 6.10 Å². The van der Waals surface area contributed by atoms with Crippen LogP contribution in [0.2, 0.25) is 0 Å². The van der Waals surface area contributed by atoms with Gasteiger partial charge in [-0.25, -0.2) is 0 Å². The molecule has 1 atom stereocenters. The summed E-state index contributed by atoms with van der Waals surface area (Å²) in [7, 11) is 1.68. The molecule has 1 saturated heterocycles. The van der Waals surface area contributed by atoms with Crippen LogP contribution in [0.1, 0.15) is 30.1 Å². The zero-order valence-electron chi connectivity index (χ0n) is 12.6. The Morgan fingerprint density at radius 3 is 2.52 bits per heavy atom. The largest absolute Gasteiger partial charge is 0.387 e. The van der Waals surface area contributed by atoms with Crippen LogP contribution in [0.15, 0.2) is 24.3 Å². The molecule has 2 rings (SSSR count). The Morgan fingerprint density at radius 1 is 1.38 bits per heavy atom. The SMILES string of the molecule is CNC(=O)C1CCN(CC(O)c2ccc(CN)cc2)CC1. The molecule has 1 aromatic carbocycles. The van der Waals surface area contributed by atoms with Crippen molar-refractivity contribution in [1.29, 1.82) is 0 Å². The molecule has 1 aromatic rings. The quantitative estimate of drug-likeness (QED) is 0.744. The molecule has 0 aromatic heterocycles. The number of carbonyl (C=O) groups is 1. The number of benzene rings is 1. The first-order valence-corrected chi connectivity index (χ1v) is 7.55. The summed E-state index contributed by atoms with van der Waals surface area (Å²) < 4.78 is 0. The van der Waals surface area contributed by atoms with Crippen molar-refractivity contribution >= 4 is 5.91 Å². The van der Waals surface area contributed by atoms with E-state index in [2.05, 4.69) is 10.2 Å². The van der Waals surface area contributed by atoms with Crippen molar-refractivity contribution in [3.05, 3.63) is 35.4 Å². The summed E-state index contributed by atoms with van der Waals surface area (Å²) in [6.07, 6.45) is 1.23. The number of aliphatic hydroxyl groups excluding tert-OH is 1. The zero-order chi connectivity index (χ0) is 15.2. The molecule has 4 N–H and O–H groups in total. The smallest absolute Gasteiger partial charge is 0.222 e. The van der Waals surface area contributed by atoms with Crippen molar-refractivity contribution < 1.29 is 9.90 Å². The second kappa shape index (κ2) is 7.54. The summed E-state index contributed by atoms with van der Waals surface area (Å²) in [5.41, 5.74) is 7.56. The Morgan fingerprint density at radius 2 is 2.00 bits per heavy atom. The van der Waals surface area contributed by atoms with E-state index in [0.717, 1.165) is 37.1 Å². The van der Waals surface area contributed by atoms with Gasteiger partial charge in [-0.15, -0.1) is 0 Å². The molecule has 1 heterocycles. The first-order chi connectivity index (χ1) is 10.1. The van der Waals surface area contributed by atoms with Crippen molar-refractivity contribution in [3.63, 3.8) is 0 Å². The van der Waals surface area contributed by atoms with Gasteiger partial charge >= 0.3 is 0 Å². The second-order valence-corrected chi connectivity index (χ2v) is 5.65. The minimum atomic E-state index is -0.492. The Labute approximate surface area is 126 Å². The molecule has 0 aliphatic carbocycles. The van der Waals surface area contributed by atoms with Crippen LogP contribution in [0.25, 0.3) is 0 Å². The van der Waals surface area contributed by atoms with E-state index in [1.54, 1.807) is 7.05 Å². The fourth-order valence-electron chi connectivity index (χ4n) is 2.81. The topological polar surface area (TPSA) is 78.6 Å². The minimum Gasteiger partial charge on any atom is -0.387 e. The highest BCUT2D eigenvalue weighted by Crippen LogP contribution is 2.21. The molecule has 1 aliphatic rings. The fourth-order valence-corrected chi connectivity index (χ4v) is 2.81. The molecular weight excluding hydrogens is 266 g/mol. The maximum absolute atomic E-state index is 11.6. The van der Waals surface area contributed by atoms with Crippen molar-refractivity contribution in [2.24, 2.45) is 11.7 Å². The summed E-state index contributed by atoms with van der Waals surface area (Å²) in [6, 6.07) is 7.78. The highest BCUT2D eigenvalue weighted by molar-refractivity contribution is 5.78.